The number of rotatable bonds is 5. The summed E-state index contributed by atoms with van der Waals surface area (Å²) >= 11 is 0. The number of nitrogens with one attached hydrogen (secondary N) is 2. The molecule has 0 aliphatic heterocycles. The first kappa shape index (κ1) is 19.8. The molecule has 4 rings (SSSR count). The van der Waals surface area contributed by atoms with Crippen LogP contribution in [0.3, 0.4) is 0 Å². The third-order valence-corrected chi connectivity index (χ3v) is 6.29. The zero-order valence-corrected chi connectivity index (χ0v) is 17.1. The topological polar surface area (TPSA) is 96.9 Å². The van der Waals surface area contributed by atoms with Crippen LogP contribution in [-0.2, 0) is 10.0 Å². The summed E-state index contributed by atoms with van der Waals surface area (Å²) in [6.07, 6.45) is 2.92. The van der Waals surface area contributed by atoms with Crippen LogP contribution in [-0.4, -0.2) is 28.5 Å². The molecule has 0 saturated heterocycles. The number of nitrogens with zero attached hydrogens (tertiary/aromatic N) is 2. The van der Waals surface area contributed by atoms with E-state index >= 15 is 0 Å². The number of aromatic nitrogens is 3. The zero-order valence-electron chi connectivity index (χ0n) is 16.3. The molecule has 0 unspecified atom stereocenters. The van der Waals surface area contributed by atoms with Gasteiger partial charge in [0.05, 0.1) is 4.90 Å². The highest BCUT2D eigenvalue weighted by molar-refractivity contribution is 7.89. The molecule has 154 valence electrons. The maximum atomic E-state index is 14.1. The summed E-state index contributed by atoms with van der Waals surface area (Å²) in [5.74, 6) is -1.04. The van der Waals surface area contributed by atoms with Crippen LogP contribution in [0, 0.1) is 5.82 Å². The van der Waals surface area contributed by atoms with Crippen molar-refractivity contribution < 1.29 is 17.6 Å². The Bertz CT molecular complexity index is 1360. The highest BCUT2D eigenvalue weighted by atomic mass is 32.2. The van der Waals surface area contributed by atoms with E-state index in [-0.39, 0.29) is 22.2 Å². The van der Waals surface area contributed by atoms with Crippen molar-refractivity contribution in [3.63, 3.8) is 0 Å². The number of hydrogen-bond acceptors (Lipinski definition) is 4. The largest absolute Gasteiger partial charge is 0.361 e. The number of carbonyl (C=O) groups excluding carboxylic acids is 1. The van der Waals surface area contributed by atoms with E-state index in [1.54, 1.807) is 30.5 Å². The van der Waals surface area contributed by atoms with Crippen LogP contribution < -0.4 is 5.32 Å². The van der Waals surface area contributed by atoms with Gasteiger partial charge in [-0.05, 0) is 53.9 Å². The quantitative estimate of drug-likeness (QED) is 0.502. The smallest absolute Gasteiger partial charge is 0.282 e. The number of aromatic amines is 1. The Morgan fingerprint density at radius 2 is 1.93 bits per heavy atom. The van der Waals surface area contributed by atoms with Gasteiger partial charge in [0.2, 0.25) is 0 Å². The molecule has 2 heterocycles. The fourth-order valence-corrected chi connectivity index (χ4v) is 4.28. The van der Waals surface area contributed by atoms with Gasteiger partial charge >= 0.3 is 0 Å². The lowest BCUT2D eigenvalue weighted by molar-refractivity contribution is 0.102. The van der Waals surface area contributed by atoms with Gasteiger partial charge in [0.1, 0.15) is 5.82 Å². The molecule has 0 atom stereocenters. The van der Waals surface area contributed by atoms with Gasteiger partial charge < -0.3 is 10.3 Å². The van der Waals surface area contributed by atoms with E-state index < -0.39 is 21.7 Å². The molecule has 0 aliphatic rings. The Hall–Kier alpha value is -3.46. The molecule has 0 bridgehead atoms. The van der Waals surface area contributed by atoms with Crippen LogP contribution in [0.1, 0.15) is 35.8 Å². The molecule has 9 heteroatoms. The first-order valence-electron chi connectivity index (χ1n) is 9.25. The van der Waals surface area contributed by atoms with Gasteiger partial charge in [0.25, 0.3) is 15.9 Å². The lowest BCUT2D eigenvalue weighted by Crippen LogP contribution is -2.17. The molecule has 0 saturated carbocycles. The van der Waals surface area contributed by atoms with E-state index in [0.29, 0.717) is 5.56 Å². The first-order valence-corrected chi connectivity index (χ1v) is 10.7. The van der Waals surface area contributed by atoms with Crippen molar-refractivity contribution in [3.05, 3.63) is 78.0 Å². The minimum absolute atomic E-state index is 0.0149. The second kappa shape index (κ2) is 7.42. The Kier molecular flexibility index (Phi) is 4.90. The van der Waals surface area contributed by atoms with Crippen LogP contribution in [0.2, 0.25) is 0 Å². The van der Waals surface area contributed by atoms with Crippen molar-refractivity contribution in [3.8, 4) is 0 Å². The zero-order chi connectivity index (χ0) is 21.5. The third kappa shape index (κ3) is 3.59. The number of hydrogen-bond donors (Lipinski definition) is 2. The van der Waals surface area contributed by atoms with Crippen LogP contribution in [0.25, 0.3) is 10.9 Å². The molecule has 7 nitrogen and oxygen atoms in total. The fraction of sp³-hybridized carbons (Fsp3) is 0.143. The van der Waals surface area contributed by atoms with Crippen molar-refractivity contribution in [2.24, 2.45) is 0 Å². The van der Waals surface area contributed by atoms with Crippen molar-refractivity contribution in [1.82, 2.24) is 14.2 Å². The van der Waals surface area contributed by atoms with Crippen molar-refractivity contribution in [2.75, 3.05) is 5.32 Å². The number of H-pyrrole nitrogens is 1. The summed E-state index contributed by atoms with van der Waals surface area (Å²) in [7, 11) is -3.96. The number of halogens is 1. The van der Waals surface area contributed by atoms with E-state index in [1.807, 2.05) is 13.8 Å². The van der Waals surface area contributed by atoms with E-state index in [0.717, 1.165) is 15.0 Å². The molecule has 4 aromatic rings. The van der Waals surface area contributed by atoms with Gasteiger partial charge in [-0.25, -0.2) is 4.39 Å². The van der Waals surface area contributed by atoms with Crippen LogP contribution >= 0.6 is 0 Å². The van der Waals surface area contributed by atoms with Crippen molar-refractivity contribution in [2.45, 2.75) is 24.7 Å². The minimum atomic E-state index is -3.96. The second-order valence-electron chi connectivity index (χ2n) is 7.15. The van der Waals surface area contributed by atoms with E-state index in [1.165, 1.54) is 30.5 Å². The average molecular weight is 426 g/mol. The molecular formula is C21H19FN4O3S. The summed E-state index contributed by atoms with van der Waals surface area (Å²) in [6, 6.07) is 12.1. The average Bonchev–Trinajstić information content (AvgIpc) is 3.37. The summed E-state index contributed by atoms with van der Waals surface area (Å²) in [5.41, 5.74) is 1.51. The van der Waals surface area contributed by atoms with Crippen molar-refractivity contribution in [1.29, 1.82) is 0 Å². The highest BCUT2D eigenvalue weighted by Gasteiger charge is 2.21. The molecule has 2 aromatic carbocycles. The van der Waals surface area contributed by atoms with Crippen LogP contribution in [0.15, 0.2) is 65.8 Å². The van der Waals surface area contributed by atoms with Gasteiger partial charge in [0.15, 0.2) is 5.69 Å². The summed E-state index contributed by atoms with van der Waals surface area (Å²) in [6.45, 7) is 3.75. The number of fused-ring (bicyclic) bond motifs is 1. The van der Waals surface area contributed by atoms with Gasteiger partial charge in [0, 0.05) is 29.0 Å². The van der Waals surface area contributed by atoms with Gasteiger partial charge in [-0.1, -0.05) is 19.9 Å². The van der Waals surface area contributed by atoms with Crippen LogP contribution in [0.4, 0.5) is 10.1 Å². The molecule has 0 fully saturated rings. The van der Waals surface area contributed by atoms with Gasteiger partial charge in [-0.2, -0.15) is 17.6 Å². The fourth-order valence-electron chi connectivity index (χ4n) is 3.13. The van der Waals surface area contributed by atoms with Crippen molar-refractivity contribution >= 4 is 32.5 Å². The Morgan fingerprint density at radius 1 is 1.13 bits per heavy atom. The summed E-state index contributed by atoms with van der Waals surface area (Å²) in [5, 5.41) is 7.19. The van der Waals surface area contributed by atoms with Crippen LogP contribution in [0.5, 0.6) is 0 Å². The summed E-state index contributed by atoms with van der Waals surface area (Å²) < 4.78 is 40.6. The molecule has 30 heavy (non-hydrogen) atoms. The summed E-state index contributed by atoms with van der Waals surface area (Å²) in [4.78, 5) is 15.5. The number of anilines is 1. The lowest BCUT2D eigenvalue weighted by atomic mass is 10.0. The Balaban J connectivity index is 1.57. The predicted octanol–water partition coefficient (Wildman–Crippen LogP) is 4.12. The SMILES string of the molecule is CC(C)c1ccc(NC(=O)c2ccn(S(=O)(=O)c3ccc4[nH]ccc4c3)n2)cc1F. The molecular weight excluding hydrogens is 407 g/mol. The van der Waals surface area contributed by atoms with Gasteiger partial charge in [-0.3, -0.25) is 4.79 Å². The molecule has 1 amide bonds. The number of benzene rings is 2. The normalized spacial score (nSPS) is 11.9. The Labute approximate surface area is 172 Å². The first-order chi connectivity index (χ1) is 14.3. The number of carbonyl (C=O) groups is 1. The molecule has 2 aromatic heterocycles. The third-order valence-electron chi connectivity index (χ3n) is 4.75. The van der Waals surface area contributed by atoms with E-state index in [2.05, 4.69) is 15.4 Å². The van der Waals surface area contributed by atoms with E-state index in [9.17, 15) is 17.6 Å². The van der Waals surface area contributed by atoms with E-state index in [4.69, 9.17) is 0 Å². The number of amides is 1. The highest BCUT2D eigenvalue weighted by Crippen LogP contribution is 2.23. The maximum Gasteiger partial charge on any atom is 0.282 e. The monoisotopic (exact) mass is 426 g/mol. The predicted molar refractivity (Wildman–Crippen MR) is 112 cm³/mol. The van der Waals surface area contributed by atoms with Gasteiger partial charge in [-0.15, -0.1) is 0 Å². The molecule has 0 aliphatic carbocycles. The standard InChI is InChI=1S/C21H19FN4O3S/c1-13(2)17-5-3-15(12-18(17)22)24-21(27)20-8-10-26(25-20)30(28,29)16-4-6-19-14(11-16)7-9-23-19/h3-13,23H,1-2H3,(H,24,27). The second-order valence-corrected chi connectivity index (χ2v) is 8.95. The molecule has 0 spiro atoms. The maximum absolute atomic E-state index is 14.1. The Morgan fingerprint density at radius 3 is 2.67 bits per heavy atom. The lowest BCUT2D eigenvalue weighted by Gasteiger charge is -2.09. The molecule has 0 radical (unpaired) electrons. The molecule has 2 N–H and O–H groups in total. The minimum Gasteiger partial charge on any atom is -0.361 e.